The van der Waals surface area contributed by atoms with Crippen LogP contribution in [0.4, 0.5) is 10.1 Å². The lowest BCUT2D eigenvalue weighted by Gasteiger charge is -2.07. The van der Waals surface area contributed by atoms with Crippen LogP contribution in [0.15, 0.2) is 48.5 Å². The zero-order valence-corrected chi connectivity index (χ0v) is 11.8. The third-order valence-corrected chi connectivity index (χ3v) is 2.81. The maximum absolute atomic E-state index is 13.4. The minimum atomic E-state index is -0.647. The zero-order valence-electron chi connectivity index (χ0n) is 11.8. The molecule has 0 saturated carbocycles. The minimum absolute atomic E-state index is 0.0352. The van der Waals surface area contributed by atoms with Gasteiger partial charge in [0.25, 0.3) is 5.91 Å². The molecule has 114 valence electrons. The third-order valence-electron chi connectivity index (χ3n) is 2.81. The van der Waals surface area contributed by atoms with E-state index >= 15 is 0 Å². The second-order valence-electron chi connectivity index (χ2n) is 4.33. The molecule has 0 aliphatic carbocycles. The zero-order chi connectivity index (χ0) is 15.9. The van der Waals surface area contributed by atoms with E-state index in [1.165, 1.54) is 37.4 Å². The van der Waals surface area contributed by atoms with Crippen molar-refractivity contribution in [1.29, 1.82) is 0 Å². The van der Waals surface area contributed by atoms with Crippen LogP contribution in [0.5, 0.6) is 5.75 Å². The Hall–Kier alpha value is -2.89. The van der Waals surface area contributed by atoms with Crippen molar-refractivity contribution < 1.29 is 23.5 Å². The molecule has 1 amide bonds. The summed E-state index contributed by atoms with van der Waals surface area (Å²) in [5.74, 6) is -1.22. The standard InChI is InChI=1S/C16H14FNO4/c1-21-12-8-6-11(7-9-12)16(20)22-10-15(19)18-14-5-3-2-4-13(14)17/h2-9H,10H2,1H3,(H,18,19). The van der Waals surface area contributed by atoms with Crippen LogP contribution in [0.25, 0.3) is 0 Å². The highest BCUT2D eigenvalue weighted by atomic mass is 19.1. The van der Waals surface area contributed by atoms with Gasteiger partial charge in [-0.1, -0.05) is 12.1 Å². The van der Waals surface area contributed by atoms with Crippen molar-refractivity contribution in [2.75, 3.05) is 19.0 Å². The molecule has 0 fully saturated rings. The second kappa shape index (κ2) is 7.21. The number of rotatable bonds is 5. The second-order valence-corrected chi connectivity index (χ2v) is 4.33. The van der Waals surface area contributed by atoms with Gasteiger partial charge in [-0.05, 0) is 36.4 Å². The fourth-order valence-corrected chi connectivity index (χ4v) is 1.69. The summed E-state index contributed by atoms with van der Waals surface area (Å²) in [6, 6.07) is 12.0. The SMILES string of the molecule is COc1ccc(C(=O)OCC(=O)Nc2ccccc2F)cc1. The predicted octanol–water partition coefficient (Wildman–Crippen LogP) is 2.63. The summed E-state index contributed by atoms with van der Waals surface area (Å²) < 4.78 is 23.2. The van der Waals surface area contributed by atoms with Crippen LogP contribution < -0.4 is 10.1 Å². The van der Waals surface area contributed by atoms with Gasteiger partial charge in [0, 0.05) is 0 Å². The summed E-state index contributed by atoms with van der Waals surface area (Å²) in [6.07, 6.45) is 0. The van der Waals surface area contributed by atoms with Gasteiger partial charge in [-0.3, -0.25) is 4.79 Å². The molecule has 2 aromatic rings. The molecule has 0 saturated heterocycles. The van der Waals surface area contributed by atoms with Gasteiger partial charge in [-0.15, -0.1) is 0 Å². The van der Waals surface area contributed by atoms with Gasteiger partial charge in [0.2, 0.25) is 0 Å². The maximum atomic E-state index is 13.4. The summed E-state index contributed by atoms with van der Waals surface area (Å²) in [7, 11) is 1.51. The number of hydrogen-bond donors (Lipinski definition) is 1. The van der Waals surface area contributed by atoms with Crippen LogP contribution in [-0.4, -0.2) is 25.6 Å². The van der Waals surface area contributed by atoms with Crippen LogP contribution >= 0.6 is 0 Å². The number of nitrogens with one attached hydrogen (secondary N) is 1. The number of hydrogen-bond acceptors (Lipinski definition) is 4. The number of para-hydroxylation sites is 1. The summed E-state index contributed by atoms with van der Waals surface area (Å²) in [5.41, 5.74) is 0.326. The number of ether oxygens (including phenoxy) is 2. The molecular weight excluding hydrogens is 289 g/mol. The van der Waals surface area contributed by atoms with Gasteiger partial charge in [-0.2, -0.15) is 0 Å². The molecule has 0 unspecified atom stereocenters. The van der Waals surface area contributed by atoms with E-state index in [1.807, 2.05) is 0 Å². The highest BCUT2D eigenvalue weighted by Crippen LogP contribution is 2.13. The van der Waals surface area contributed by atoms with Crippen molar-refractivity contribution in [3.05, 3.63) is 59.9 Å². The monoisotopic (exact) mass is 303 g/mol. The van der Waals surface area contributed by atoms with E-state index in [-0.39, 0.29) is 5.69 Å². The number of methoxy groups -OCH3 is 1. The molecule has 0 aliphatic rings. The van der Waals surface area contributed by atoms with Crippen molar-refractivity contribution >= 4 is 17.6 Å². The molecule has 0 aromatic heterocycles. The fraction of sp³-hybridized carbons (Fsp3) is 0.125. The Labute approximate surface area is 126 Å². The number of esters is 1. The van der Waals surface area contributed by atoms with Crippen molar-refractivity contribution in [2.45, 2.75) is 0 Å². The summed E-state index contributed by atoms with van der Waals surface area (Å²) >= 11 is 0. The van der Waals surface area contributed by atoms with E-state index < -0.39 is 24.3 Å². The van der Waals surface area contributed by atoms with E-state index in [9.17, 15) is 14.0 Å². The number of amides is 1. The first-order valence-corrected chi connectivity index (χ1v) is 6.45. The molecule has 5 nitrogen and oxygen atoms in total. The molecule has 0 bridgehead atoms. The van der Waals surface area contributed by atoms with Gasteiger partial charge in [0.15, 0.2) is 6.61 Å². The van der Waals surface area contributed by atoms with Crippen molar-refractivity contribution in [3.63, 3.8) is 0 Å². The van der Waals surface area contributed by atoms with Crippen molar-refractivity contribution in [2.24, 2.45) is 0 Å². The highest BCUT2D eigenvalue weighted by molar-refractivity contribution is 5.95. The van der Waals surface area contributed by atoms with Crippen LogP contribution in [0.3, 0.4) is 0 Å². The van der Waals surface area contributed by atoms with Gasteiger partial charge in [0.05, 0.1) is 18.4 Å². The van der Waals surface area contributed by atoms with Crippen LogP contribution in [-0.2, 0) is 9.53 Å². The highest BCUT2D eigenvalue weighted by Gasteiger charge is 2.11. The average Bonchev–Trinajstić information content (AvgIpc) is 2.55. The Morgan fingerprint density at radius 2 is 1.77 bits per heavy atom. The van der Waals surface area contributed by atoms with Gasteiger partial charge < -0.3 is 14.8 Å². The van der Waals surface area contributed by atoms with E-state index in [2.05, 4.69) is 5.32 Å². The van der Waals surface area contributed by atoms with E-state index in [1.54, 1.807) is 18.2 Å². The molecule has 0 aliphatic heterocycles. The molecule has 1 N–H and O–H groups in total. The van der Waals surface area contributed by atoms with Gasteiger partial charge in [0.1, 0.15) is 11.6 Å². The predicted molar refractivity (Wildman–Crippen MR) is 78.3 cm³/mol. The summed E-state index contributed by atoms with van der Waals surface area (Å²) in [5, 5.41) is 2.32. The molecule has 6 heteroatoms. The number of carbonyl (C=O) groups excluding carboxylic acids is 2. The molecule has 0 atom stereocenters. The Kier molecular flexibility index (Phi) is 5.08. The van der Waals surface area contributed by atoms with Crippen LogP contribution in [0.2, 0.25) is 0 Å². The van der Waals surface area contributed by atoms with E-state index in [0.717, 1.165) is 0 Å². The lowest BCUT2D eigenvalue weighted by Crippen LogP contribution is -2.21. The normalized spacial score (nSPS) is 9.91. The lowest BCUT2D eigenvalue weighted by atomic mass is 10.2. The lowest BCUT2D eigenvalue weighted by molar-refractivity contribution is -0.119. The first kappa shape index (κ1) is 15.5. The Morgan fingerprint density at radius 3 is 2.41 bits per heavy atom. The largest absolute Gasteiger partial charge is 0.497 e. The molecular formula is C16H14FNO4. The average molecular weight is 303 g/mol. The van der Waals surface area contributed by atoms with Crippen molar-refractivity contribution in [1.82, 2.24) is 0 Å². The van der Waals surface area contributed by atoms with Crippen LogP contribution in [0.1, 0.15) is 10.4 Å². The number of halogens is 1. The molecule has 2 aromatic carbocycles. The molecule has 2 rings (SSSR count). The molecule has 0 radical (unpaired) electrons. The number of benzene rings is 2. The maximum Gasteiger partial charge on any atom is 0.338 e. The molecule has 0 heterocycles. The molecule has 22 heavy (non-hydrogen) atoms. The minimum Gasteiger partial charge on any atom is -0.497 e. The van der Waals surface area contributed by atoms with Crippen LogP contribution in [0, 0.1) is 5.82 Å². The quantitative estimate of drug-likeness (QED) is 0.862. The summed E-state index contributed by atoms with van der Waals surface area (Å²) in [6.45, 7) is -0.501. The Balaban J connectivity index is 1.87. The first-order valence-electron chi connectivity index (χ1n) is 6.45. The summed E-state index contributed by atoms with van der Waals surface area (Å²) in [4.78, 5) is 23.4. The Morgan fingerprint density at radius 1 is 1.09 bits per heavy atom. The first-order chi connectivity index (χ1) is 10.6. The molecule has 0 spiro atoms. The topological polar surface area (TPSA) is 64.6 Å². The fourth-order valence-electron chi connectivity index (χ4n) is 1.69. The van der Waals surface area contributed by atoms with Gasteiger partial charge >= 0.3 is 5.97 Å². The van der Waals surface area contributed by atoms with E-state index in [4.69, 9.17) is 9.47 Å². The van der Waals surface area contributed by atoms with Crippen molar-refractivity contribution in [3.8, 4) is 5.75 Å². The smallest absolute Gasteiger partial charge is 0.338 e. The third kappa shape index (κ3) is 4.05. The number of anilines is 1. The van der Waals surface area contributed by atoms with E-state index in [0.29, 0.717) is 11.3 Å². The Bertz CT molecular complexity index is 670. The van der Waals surface area contributed by atoms with Gasteiger partial charge in [-0.25, -0.2) is 9.18 Å². The number of carbonyl (C=O) groups is 2.